The number of aliphatic carboxylic acids is 1. The van der Waals surface area contributed by atoms with Crippen molar-refractivity contribution in [2.75, 3.05) is 0 Å². The van der Waals surface area contributed by atoms with Gasteiger partial charge in [0.1, 0.15) is 11.8 Å². The summed E-state index contributed by atoms with van der Waals surface area (Å²) < 4.78 is 6.71. The summed E-state index contributed by atoms with van der Waals surface area (Å²) in [5, 5.41) is 9.56. The Bertz CT molecular complexity index is 729. The highest BCUT2D eigenvalue weighted by Crippen LogP contribution is 2.31. The van der Waals surface area contributed by atoms with Crippen molar-refractivity contribution in [3.63, 3.8) is 0 Å². The molecule has 3 rings (SSSR count). The standard InChI is InChI=1S/C14H12N2O3S/c15-9(14(17)18)7-8-5-6-11(19-8)13-16-10-3-1-2-4-12(10)20-13/h1-6,9H,7,15H2,(H,17,18). The van der Waals surface area contributed by atoms with Crippen LogP contribution in [0, 0.1) is 0 Å². The molecule has 3 aromatic rings. The lowest BCUT2D eigenvalue weighted by Crippen LogP contribution is -2.32. The van der Waals surface area contributed by atoms with E-state index in [-0.39, 0.29) is 6.42 Å². The molecule has 0 saturated carbocycles. The second kappa shape index (κ2) is 5.07. The van der Waals surface area contributed by atoms with Gasteiger partial charge in [-0.25, -0.2) is 4.98 Å². The lowest BCUT2D eigenvalue weighted by Gasteiger charge is -2.02. The van der Waals surface area contributed by atoms with Gasteiger partial charge in [-0.1, -0.05) is 12.1 Å². The Labute approximate surface area is 118 Å². The summed E-state index contributed by atoms with van der Waals surface area (Å²) in [5.41, 5.74) is 6.41. The molecule has 0 aliphatic rings. The third kappa shape index (κ3) is 2.43. The first-order valence-corrected chi connectivity index (χ1v) is 6.88. The highest BCUT2D eigenvalue weighted by atomic mass is 32.1. The van der Waals surface area contributed by atoms with Crippen molar-refractivity contribution in [3.05, 3.63) is 42.2 Å². The molecule has 0 bridgehead atoms. The Morgan fingerprint density at radius 2 is 2.15 bits per heavy atom. The number of fused-ring (bicyclic) bond motifs is 1. The molecule has 0 aliphatic carbocycles. The van der Waals surface area contributed by atoms with Crippen molar-refractivity contribution in [3.8, 4) is 10.8 Å². The highest BCUT2D eigenvalue weighted by Gasteiger charge is 2.16. The molecule has 3 N–H and O–H groups in total. The summed E-state index contributed by atoms with van der Waals surface area (Å²) in [6.45, 7) is 0. The predicted octanol–water partition coefficient (Wildman–Crippen LogP) is 2.51. The zero-order valence-electron chi connectivity index (χ0n) is 10.4. The van der Waals surface area contributed by atoms with Crippen LogP contribution in [0.25, 0.3) is 21.0 Å². The van der Waals surface area contributed by atoms with E-state index in [2.05, 4.69) is 4.98 Å². The second-order valence-electron chi connectivity index (χ2n) is 4.40. The van der Waals surface area contributed by atoms with Crippen LogP contribution in [-0.2, 0) is 11.2 Å². The van der Waals surface area contributed by atoms with Gasteiger partial charge < -0.3 is 15.3 Å². The number of para-hydroxylation sites is 1. The Morgan fingerprint density at radius 1 is 1.35 bits per heavy atom. The van der Waals surface area contributed by atoms with Gasteiger partial charge in [-0.15, -0.1) is 11.3 Å². The van der Waals surface area contributed by atoms with Crippen molar-refractivity contribution >= 4 is 27.5 Å². The molecule has 0 fully saturated rings. The van der Waals surface area contributed by atoms with Gasteiger partial charge in [0.05, 0.1) is 10.2 Å². The molecule has 0 aliphatic heterocycles. The van der Waals surface area contributed by atoms with Crippen LogP contribution >= 0.6 is 11.3 Å². The van der Waals surface area contributed by atoms with E-state index >= 15 is 0 Å². The molecule has 1 atom stereocenters. The summed E-state index contributed by atoms with van der Waals surface area (Å²) in [7, 11) is 0. The van der Waals surface area contributed by atoms with Crippen molar-refractivity contribution in [1.29, 1.82) is 0 Å². The van der Waals surface area contributed by atoms with Crippen molar-refractivity contribution in [2.24, 2.45) is 5.73 Å². The Kier molecular flexibility index (Phi) is 3.25. The van der Waals surface area contributed by atoms with Gasteiger partial charge in [-0.2, -0.15) is 0 Å². The molecular formula is C14H12N2O3S. The predicted molar refractivity (Wildman–Crippen MR) is 76.6 cm³/mol. The van der Waals surface area contributed by atoms with Gasteiger partial charge in [-0.3, -0.25) is 4.79 Å². The monoisotopic (exact) mass is 288 g/mol. The van der Waals surface area contributed by atoms with Crippen molar-refractivity contribution < 1.29 is 14.3 Å². The maximum absolute atomic E-state index is 10.7. The summed E-state index contributed by atoms with van der Waals surface area (Å²) in [5.74, 6) is 0.149. The first kappa shape index (κ1) is 12.8. The van der Waals surface area contributed by atoms with Crippen molar-refractivity contribution in [2.45, 2.75) is 12.5 Å². The third-order valence-electron chi connectivity index (χ3n) is 2.90. The first-order valence-electron chi connectivity index (χ1n) is 6.06. The fourth-order valence-electron chi connectivity index (χ4n) is 1.88. The number of nitrogens with zero attached hydrogens (tertiary/aromatic N) is 1. The molecule has 102 valence electrons. The minimum Gasteiger partial charge on any atom is -0.480 e. The van der Waals surface area contributed by atoms with Crippen molar-refractivity contribution in [1.82, 2.24) is 4.98 Å². The average molecular weight is 288 g/mol. The van der Waals surface area contributed by atoms with Gasteiger partial charge in [0, 0.05) is 6.42 Å². The summed E-state index contributed by atoms with van der Waals surface area (Å²) in [4.78, 5) is 15.2. The van der Waals surface area contributed by atoms with E-state index in [1.165, 1.54) is 11.3 Å². The lowest BCUT2D eigenvalue weighted by molar-refractivity contribution is -0.138. The molecule has 1 unspecified atom stereocenters. The first-order chi connectivity index (χ1) is 9.63. The van der Waals surface area contributed by atoms with E-state index in [4.69, 9.17) is 15.3 Å². The van der Waals surface area contributed by atoms with Crippen LogP contribution in [0.4, 0.5) is 0 Å². The maximum atomic E-state index is 10.7. The molecular weight excluding hydrogens is 276 g/mol. The van der Waals surface area contributed by atoms with Crippen LogP contribution in [0.3, 0.4) is 0 Å². The number of carboxylic acid groups (broad SMARTS) is 1. The molecule has 0 radical (unpaired) electrons. The number of hydrogen-bond donors (Lipinski definition) is 2. The van der Waals surface area contributed by atoms with Crippen LogP contribution in [0.15, 0.2) is 40.8 Å². The fraction of sp³-hybridized carbons (Fsp3) is 0.143. The summed E-state index contributed by atoms with van der Waals surface area (Å²) in [6.07, 6.45) is 0.167. The van der Waals surface area contributed by atoms with Gasteiger partial charge in [-0.05, 0) is 24.3 Å². The van der Waals surface area contributed by atoms with E-state index in [0.717, 1.165) is 15.2 Å². The Balaban J connectivity index is 1.87. The minimum absolute atomic E-state index is 0.167. The number of nitrogens with two attached hydrogens (primary N) is 1. The maximum Gasteiger partial charge on any atom is 0.320 e. The van der Waals surface area contributed by atoms with Crippen LogP contribution in [0.2, 0.25) is 0 Å². The van der Waals surface area contributed by atoms with Crippen LogP contribution in [-0.4, -0.2) is 22.1 Å². The van der Waals surface area contributed by atoms with E-state index in [0.29, 0.717) is 11.5 Å². The number of carbonyl (C=O) groups is 1. The average Bonchev–Trinajstić information content (AvgIpc) is 3.03. The van der Waals surface area contributed by atoms with Crippen LogP contribution in [0.5, 0.6) is 0 Å². The van der Waals surface area contributed by atoms with E-state index in [1.54, 1.807) is 12.1 Å². The lowest BCUT2D eigenvalue weighted by atomic mass is 10.2. The molecule has 5 nitrogen and oxygen atoms in total. The number of benzene rings is 1. The smallest absolute Gasteiger partial charge is 0.320 e. The molecule has 20 heavy (non-hydrogen) atoms. The molecule has 0 saturated heterocycles. The molecule has 6 heteroatoms. The largest absolute Gasteiger partial charge is 0.480 e. The topological polar surface area (TPSA) is 89.4 Å². The fourth-order valence-corrected chi connectivity index (χ4v) is 2.81. The molecule has 2 aromatic heterocycles. The van der Waals surface area contributed by atoms with Gasteiger partial charge >= 0.3 is 5.97 Å². The van der Waals surface area contributed by atoms with Crippen LogP contribution in [0.1, 0.15) is 5.76 Å². The zero-order valence-corrected chi connectivity index (χ0v) is 11.3. The number of rotatable bonds is 4. The number of furan rings is 1. The van der Waals surface area contributed by atoms with E-state index in [9.17, 15) is 4.79 Å². The SMILES string of the molecule is NC(Cc1ccc(-c2nc3ccccc3s2)o1)C(=O)O. The Hall–Kier alpha value is -2.18. The van der Waals surface area contributed by atoms with E-state index in [1.807, 2.05) is 24.3 Å². The third-order valence-corrected chi connectivity index (χ3v) is 3.96. The van der Waals surface area contributed by atoms with Gasteiger partial charge in [0.2, 0.25) is 0 Å². The van der Waals surface area contributed by atoms with Gasteiger partial charge in [0.15, 0.2) is 10.8 Å². The minimum atomic E-state index is -1.04. The summed E-state index contributed by atoms with van der Waals surface area (Å²) >= 11 is 1.54. The quantitative estimate of drug-likeness (QED) is 0.770. The number of aromatic nitrogens is 1. The number of carboxylic acids is 1. The van der Waals surface area contributed by atoms with Crippen LogP contribution < -0.4 is 5.73 Å². The zero-order chi connectivity index (χ0) is 14.1. The number of thiazole rings is 1. The number of hydrogen-bond acceptors (Lipinski definition) is 5. The molecule has 1 aromatic carbocycles. The Morgan fingerprint density at radius 3 is 2.90 bits per heavy atom. The second-order valence-corrected chi connectivity index (χ2v) is 5.43. The highest BCUT2D eigenvalue weighted by molar-refractivity contribution is 7.21. The molecule has 0 spiro atoms. The van der Waals surface area contributed by atoms with Gasteiger partial charge in [0.25, 0.3) is 0 Å². The molecule has 2 heterocycles. The molecule has 0 amide bonds. The normalized spacial score (nSPS) is 12.7. The summed E-state index contributed by atoms with van der Waals surface area (Å²) in [6, 6.07) is 10.4. The van der Waals surface area contributed by atoms with E-state index < -0.39 is 12.0 Å².